The summed E-state index contributed by atoms with van der Waals surface area (Å²) in [4.78, 5) is 50.1. The van der Waals surface area contributed by atoms with E-state index in [1.54, 1.807) is 12.1 Å². The van der Waals surface area contributed by atoms with Crippen LogP contribution in [0.4, 0.5) is 0 Å². The van der Waals surface area contributed by atoms with Crippen LogP contribution in [-0.4, -0.2) is 51.9 Å². The molecule has 0 saturated heterocycles. The van der Waals surface area contributed by atoms with Gasteiger partial charge in [-0.15, -0.1) is 0 Å². The number of carbonyl (C=O) groups is 4. The zero-order valence-corrected chi connectivity index (χ0v) is 24.4. The van der Waals surface area contributed by atoms with Gasteiger partial charge in [0.2, 0.25) is 0 Å². The van der Waals surface area contributed by atoms with Gasteiger partial charge in [-0.2, -0.15) is 0 Å². The molecule has 3 unspecified atom stereocenters. The summed E-state index contributed by atoms with van der Waals surface area (Å²) in [5.41, 5.74) is 3.55. The van der Waals surface area contributed by atoms with Gasteiger partial charge in [0.05, 0.1) is 25.0 Å². The average molecular weight is 567 g/mol. The van der Waals surface area contributed by atoms with E-state index in [9.17, 15) is 34.5 Å². The Bertz CT molecular complexity index is 1260. The van der Waals surface area contributed by atoms with Gasteiger partial charge in [0.25, 0.3) is 0 Å². The molecule has 1 aliphatic carbocycles. The van der Waals surface area contributed by atoms with Gasteiger partial charge < -0.3 is 20.1 Å². The number of hydrogen-bond donors (Lipinski definition) is 3. The Labute approximate surface area is 241 Å². The van der Waals surface area contributed by atoms with Crippen LogP contribution in [0.1, 0.15) is 91.4 Å². The Morgan fingerprint density at radius 3 is 2.34 bits per heavy atom. The highest BCUT2D eigenvalue weighted by Gasteiger charge is 2.36. The van der Waals surface area contributed by atoms with Gasteiger partial charge >= 0.3 is 5.97 Å². The molecule has 3 rings (SSSR count). The third-order valence-electron chi connectivity index (χ3n) is 7.98. The van der Waals surface area contributed by atoms with Crippen LogP contribution in [0.15, 0.2) is 30.3 Å². The Hall–Kier alpha value is -3.36. The molecule has 8 heteroatoms. The molecule has 2 aromatic carbocycles. The van der Waals surface area contributed by atoms with Crippen molar-refractivity contribution in [3.8, 4) is 11.5 Å². The SMILES string of the molecule is CC(=O)CC(=O)C(CO)C(CCO)CC1CC(=O)c2c(O)c(CCC(=O)Oc3ccc(C)cc3)cc(C(C)C)c2C1. The fourth-order valence-corrected chi connectivity index (χ4v) is 5.90. The number of carbonyl (C=O) groups excluding carboxylic acids is 4. The van der Waals surface area contributed by atoms with Gasteiger partial charge in [0.1, 0.15) is 23.1 Å². The summed E-state index contributed by atoms with van der Waals surface area (Å²) in [7, 11) is 0. The van der Waals surface area contributed by atoms with Crippen molar-refractivity contribution in [1.29, 1.82) is 0 Å². The van der Waals surface area contributed by atoms with Crippen LogP contribution in [-0.2, 0) is 27.2 Å². The first-order valence-electron chi connectivity index (χ1n) is 14.4. The second kappa shape index (κ2) is 14.5. The summed E-state index contributed by atoms with van der Waals surface area (Å²) in [6.45, 7) is 6.67. The lowest BCUT2D eigenvalue weighted by Crippen LogP contribution is -2.32. The van der Waals surface area contributed by atoms with Crippen LogP contribution < -0.4 is 4.74 Å². The Morgan fingerprint density at radius 2 is 1.76 bits per heavy atom. The van der Waals surface area contributed by atoms with Crippen molar-refractivity contribution in [2.75, 3.05) is 13.2 Å². The number of fused-ring (bicyclic) bond motifs is 1. The molecule has 41 heavy (non-hydrogen) atoms. The number of ether oxygens (including phenoxy) is 1. The van der Waals surface area contributed by atoms with Crippen LogP contribution in [0.3, 0.4) is 0 Å². The maximum atomic E-state index is 13.4. The molecular formula is C33H42O8. The van der Waals surface area contributed by atoms with E-state index in [1.165, 1.54) is 6.92 Å². The van der Waals surface area contributed by atoms with Crippen molar-refractivity contribution in [2.24, 2.45) is 17.8 Å². The van der Waals surface area contributed by atoms with E-state index >= 15 is 0 Å². The summed E-state index contributed by atoms with van der Waals surface area (Å²) >= 11 is 0. The zero-order chi connectivity index (χ0) is 30.3. The first kappa shape index (κ1) is 32.2. The number of phenols is 1. The first-order valence-corrected chi connectivity index (χ1v) is 14.4. The van der Waals surface area contributed by atoms with Gasteiger partial charge in [-0.25, -0.2) is 0 Å². The van der Waals surface area contributed by atoms with E-state index in [2.05, 4.69) is 0 Å². The monoisotopic (exact) mass is 566 g/mol. The van der Waals surface area contributed by atoms with E-state index in [4.69, 9.17) is 4.74 Å². The minimum absolute atomic E-state index is 0.0360. The van der Waals surface area contributed by atoms with Crippen molar-refractivity contribution in [3.63, 3.8) is 0 Å². The molecule has 0 spiro atoms. The number of ketones is 3. The molecule has 0 saturated carbocycles. The van der Waals surface area contributed by atoms with E-state index in [0.717, 1.165) is 16.7 Å². The third-order valence-corrected chi connectivity index (χ3v) is 7.98. The molecule has 1 aliphatic rings. The summed E-state index contributed by atoms with van der Waals surface area (Å²) in [5.74, 6) is -2.22. The highest BCUT2D eigenvalue weighted by atomic mass is 16.5. The number of aliphatic hydroxyl groups excluding tert-OH is 2. The number of aliphatic hydroxyl groups is 2. The number of hydrogen-bond acceptors (Lipinski definition) is 8. The fraction of sp³-hybridized carbons (Fsp3) is 0.515. The number of rotatable bonds is 14. The lowest BCUT2D eigenvalue weighted by molar-refractivity contribution is -0.134. The first-order chi connectivity index (χ1) is 19.4. The highest BCUT2D eigenvalue weighted by molar-refractivity contribution is 6.02. The van der Waals surface area contributed by atoms with E-state index < -0.39 is 18.5 Å². The second-order valence-electron chi connectivity index (χ2n) is 11.6. The quantitative estimate of drug-likeness (QED) is 0.171. The molecule has 0 aliphatic heterocycles. The van der Waals surface area contributed by atoms with Crippen LogP contribution in [0, 0.1) is 24.7 Å². The number of aromatic hydroxyl groups is 1. The van der Waals surface area contributed by atoms with E-state index in [0.29, 0.717) is 29.7 Å². The predicted molar refractivity (Wildman–Crippen MR) is 154 cm³/mol. The Balaban J connectivity index is 1.81. The molecule has 0 heterocycles. The smallest absolute Gasteiger partial charge is 0.311 e. The fourth-order valence-electron chi connectivity index (χ4n) is 5.90. The van der Waals surface area contributed by atoms with Crippen molar-refractivity contribution in [1.82, 2.24) is 0 Å². The molecular weight excluding hydrogens is 524 g/mol. The van der Waals surface area contributed by atoms with Crippen LogP contribution in [0.5, 0.6) is 11.5 Å². The maximum Gasteiger partial charge on any atom is 0.311 e. The van der Waals surface area contributed by atoms with Gasteiger partial charge in [-0.1, -0.05) is 37.6 Å². The average Bonchev–Trinajstić information content (AvgIpc) is 2.89. The molecule has 3 N–H and O–H groups in total. The van der Waals surface area contributed by atoms with Gasteiger partial charge in [0.15, 0.2) is 5.78 Å². The topological polar surface area (TPSA) is 138 Å². The molecule has 0 radical (unpaired) electrons. The van der Waals surface area contributed by atoms with Crippen molar-refractivity contribution < 1.29 is 39.2 Å². The highest BCUT2D eigenvalue weighted by Crippen LogP contribution is 2.42. The summed E-state index contributed by atoms with van der Waals surface area (Å²) in [5, 5.41) is 30.8. The number of esters is 1. The molecule has 222 valence electrons. The van der Waals surface area contributed by atoms with Gasteiger partial charge in [-0.3, -0.25) is 19.2 Å². The number of benzene rings is 2. The van der Waals surface area contributed by atoms with Crippen molar-refractivity contribution >= 4 is 23.3 Å². The second-order valence-corrected chi connectivity index (χ2v) is 11.6. The van der Waals surface area contributed by atoms with Crippen LogP contribution in [0.2, 0.25) is 0 Å². The lowest BCUT2D eigenvalue weighted by atomic mass is 9.71. The maximum absolute atomic E-state index is 13.4. The van der Waals surface area contributed by atoms with Crippen LogP contribution in [0.25, 0.3) is 0 Å². The number of Topliss-reactive ketones (excluding diaryl/α,β-unsaturated/α-hetero) is 3. The number of aryl methyl sites for hydroxylation is 2. The Kier molecular flexibility index (Phi) is 11.4. The molecule has 2 aromatic rings. The zero-order valence-electron chi connectivity index (χ0n) is 24.4. The van der Waals surface area contributed by atoms with Crippen molar-refractivity contribution in [3.05, 3.63) is 58.1 Å². The standard InChI is InChI=1S/C33H42O8/c1-19(2)26-17-24(7-10-31(39)41-25-8-5-20(3)6-9-25)33(40)32-27(26)15-22(16-30(32)38)14-23(11-12-34)28(18-35)29(37)13-21(4)36/h5-6,8-9,17,19,22-23,28,34-35,40H,7,10-16,18H2,1-4H3. The normalized spacial score (nSPS) is 16.3. The van der Waals surface area contributed by atoms with Gasteiger partial charge in [0, 0.05) is 18.9 Å². The molecule has 8 nitrogen and oxygen atoms in total. The van der Waals surface area contributed by atoms with E-state index in [1.807, 2.05) is 39.0 Å². The lowest BCUT2D eigenvalue weighted by Gasteiger charge is -2.32. The summed E-state index contributed by atoms with van der Waals surface area (Å²) in [6, 6.07) is 9.02. The molecule has 3 atom stereocenters. The molecule has 0 aromatic heterocycles. The Morgan fingerprint density at radius 1 is 1.07 bits per heavy atom. The summed E-state index contributed by atoms with van der Waals surface area (Å²) < 4.78 is 5.41. The van der Waals surface area contributed by atoms with E-state index in [-0.39, 0.29) is 79.6 Å². The largest absolute Gasteiger partial charge is 0.507 e. The van der Waals surface area contributed by atoms with Gasteiger partial charge in [-0.05, 0) is 86.1 Å². The minimum atomic E-state index is -0.789. The van der Waals surface area contributed by atoms with Crippen molar-refractivity contribution in [2.45, 2.75) is 78.6 Å². The summed E-state index contributed by atoms with van der Waals surface area (Å²) in [6.07, 6.45) is 1.32. The molecule has 0 fully saturated rings. The number of phenolic OH excluding ortho intramolecular Hbond substituents is 1. The predicted octanol–water partition coefficient (Wildman–Crippen LogP) is 4.65. The molecule has 0 amide bonds. The third kappa shape index (κ3) is 8.33. The minimum Gasteiger partial charge on any atom is -0.507 e. The van der Waals surface area contributed by atoms with Crippen LogP contribution >= 0.6 is 0 Å². The molecule has 0 bridgehead atoms.